The average Bonchev–Trinajstić information content (AvgIpc) is 3.15. The minimum absolute atomic E-state index is 0.0735. The molecular formula is C23H22FN5O2. The summed E-state index contributed by atoms with van der Waals surface area (Å²) in [6.07, 6.45) is 1.44. The highest BCUT2D eigenvalue weighted by Crippen LogP contribution is 2.23. The molecule has 3 heterocycles. The number of fused-ring (bicyclic) bond motifs is 3. The zero-order chi connectivity index (χ0) is 21.5. The van der Waals surface area contributed by atoms with Gasteiger partial charge in [0.2, 0.25) is 5.91 Å². The highest BCUT2D eigenvalue weighted by Gasteiger charge is 2.23. The van der Waals surface area contributed by atoms with Gasteiger partial charge >= 0.3 is 0 Å². The lowest BCUT2D eigenvalue weighted by molar-refractivity contribution is -0.132. The maximum atomic E-state index is 14.0. The van der Waals surface area contributed by atoms with E-state index in [9.17, 15) is 14.0 Å². The fraction of sp³-hybridized carbons (Fsp3) is 0.261. The molecule has 8 heteroatoms. The summed E-state index contributed by atoms with van der Waals surface area (Å²) < 4.78 is 15.4. The highest BCUT2D eigenvalue weighted by atomic mass is 19.1. The number of rotatable bonds is 3. The zero-order valence-electron chi connectivity index (χ0n) is 17.1. The van der Waals surface area contributed by atoms with Gasteiger partial charge in [-0.15, -0.1) is 0 Å². The number of carbonyl (C=O) groups excluding carboxylic acids is 1. The Bertz CT molecular complexity index is 1350. The van der Waals surface area contributed by atoms with Gasteiger partial charge in [0.15, 0.2) is 0 Å². The number of nitrogens with zero attached hydrogens (tertiary/aromatic N) is 4. The van der Waals surface area contributed by atoms with Gasteiger partial charge in [-0.1, -0.05) is 23.8 Å². The fourth-order valence-electron chi connectivity index (χ4n) is 4.17. The smallest absolute Gasteiger partial charge is 0.278 e. The summed E-state index contributed by atoms with van der Waals surface area (Å²) in [4.78, 5) is 37.0. The Morgan fingerprint density at radius 1 is 1.13 bits per heavy atom. The number of halogens is 1. The maximum absolute atomic E-state index is 14.0. The first kappa shape index (κ1) is 19.3. The Balaban J connectivity index is 1.33. The molecule has 1 N–H and O–H groups in total. The molecule has 31 heavy (non-hydrogen) atoms. The molecule has 4 aromatic rings. The topological polar surface area (TPSA) is 74.2 Å². The van der Waals surface area contributed by atoms with Crippen LogP contribution < -0.4 is 10.5 Å². The molecule has 7 nitrogen and oxygen atoms in total. The van der Waals surface area contributed by atoms with Crippen molar-refractivity contribution in [3.63, 3.8) is 0 Å². The number of hydrogen-bond acceptors (Lipinski definition) is 4. The van der Waals surface area contributed by atoms with Gasteiger partial charge < -0.3 is 14.8 Å². The molecule has 0 radical (unpaired) electrons. The van der Waals surface area contributed by atoms with Crippen LogP contribution >= 0.6 is 0 Å². The lowest BCUT2D eigenvalue weighted by atomic mass is 10.2. The first-order chi connectivity index (χ1) is 15.0. The minimum atomic E-state index is -0.266. The van der Waals surface area contributed by atoms with E-state index in [1.807, 2.05) is 30.0 Å². The third-order valence-corrected chi connectivity index (χ3v) is 5.86. The number of nitrogens with one attached hydrogen (secondary N) is 1. The highest BCUT2D eigenvalue weighted by molar-refractivity contribution is 6.04. The fourth-order valence-corrected chi connectivity index (χ4v) is 4.17. The average molecular weight is 419 g/mol. The van der Waals surface area contributed by atoms with Gasteiger partial charge in [0.1, 0.15) is 23.4 Å². The summed E-state index contributed by atoms with van der Waals surface area (Å²) in [6.45, 7) is 3.95. The van der Waals surface area contributed by atoms with Crippen LogP contribution in [-0.4, -0.2) is 51.5 Å². The number of aryl methyl sites for hydroxylation is 1. The van der Waals surface area contributed by atoms with Crippen molar-refractivity contribution in [1.82, 2.24) is 19.4 Å². The zero-order valence-corrected chi connectivity index (χ0v) is 17.1. The van der Waals surface area contributed by atoms with Crippen molar-refractivity contribution in [1.29, 1.82) is 0 Å². The Kier molecular flexibility index (Phi) is 4.69. The summed E-state index contributed by atoms with van der Waals surface area (Å²) in [7, 11) is 0. The Labute approximate surface area is 177 Å². The van der Waals surface area contributed by atoms with Crippen molar-refractivity contribution >= 4 is 33.5 Å². The van der Waals surface area contributed by atoms with E-state index in [0.717, 1.165) is 16.5 Å². The van der Waals surface area contributed by atoms with Crippen LogP contribution in [0.4, 0.5) is 10.1 Å². The number of piperazine rings is 1. The third kappa shape index (κ3) is 3.43. The van der Waals surface area contributed by atoms with Crippen LogP contribution in [0.2, 0.25) is 0 Å². The quantitative estimate of drug-likeness (QED) is 0.554. The van der Waals surface area contributed by atoms with Crippen LogP contribution in [0.15, 0.2) is 53.6 Å². The van der Waals surface area contributed by atoms with Gasteiger partial charge in [-0.2, -0.15) is 0 Å². The summed E-state index contributed by atoms with van der Waals surface area (Å²) in [5.74, 6) is -0.412. The van der Waals surface area contributed by atoms with Gasteiger partial charge in [-0.25, -0.2) is 9.37 Å². The summed E-state index contributed by atoms with van der Waals surface area (Å²) in [6, 6.07) is 12.5. The number of aromatic nitrogens is 3. The standard InChI is InChI=1S/C23H22FN5O2/c1-15-6-7-18-16(12-15)21-22(26-18)23(31)29(14-25-21)13-20(30)28-10-8-27(9-11-28)19-5-3-2-4-17(19)24/h2-7,12,14,26H,8-11,13H2,1H3. The van der Waals surface area contributed by atoms with Crippen LogP contribution in [0.5, 0.6) is 0 Å². The van der Waals surface area contributed by atoms with Crippen LogP contribution in [0, 0.1) is 12.7 Å². The van der Waals surface area contributed by atoms with Crippen molar-refractivity contribution in [3.05, 3.63) is 70.5 Å². The predicted molar refractivity (Wildman–Crippen MR) is 118 cm³/mol. The molecule has 158 valence electrons. The molecule has 0 saturated carbocycles. The largest absolute Gasteiger partial charge is 0.366 e. The summed E-state index contributed by atoms with van der Waals surface area (Å²) in [5, 5.41) is 0.898. The van der Waals surface area contributed by atoms with Crippen molar-refractivity contribution in [3.8, 4) is 0 Å². The van der Waals surface area contributed by atoms with Gasteiger partial charge in [-0.05, 0) is 31.2 Å². The number of hydrogen-bond donors (Lipinski definition) is 1. The van der Waals surface area contributed by atoms with Crippen LogP contribution in [0.25, 0.3) is 21.9 Å². The lowest BCUT2D eigenvalue weighted by Crippen LogP contribution is -2.50. The van der Waals surface area contributed by atoms with Gasteiger partial charge in [0.25, 0.3) is 5.56 Å². The SMILES string of the molecule is Cc1ccc2[nH]c3c(=O)n(CC(=O)N4CCN(c5ccccc5F)CC4)cnc3c2c1. The Hall–Kier alpha value is -3.68. The summed E-state index contributed by atoms with van der Waals surface area (Å²) in [5.41, 5.74) is 3.24. The molecule has 2 aromatic carbocycles. The van der Waals surface area contributed by atoms with Crippen molar-refractivity contribution < 1.29 is 9.18 Å². The molecule has 0 spiro atoms. The van der Waals surface area contributed by atoms with Crippen molar-refractivity contribution in [2.24, 2.45) is 0 Å². The molecule has 1 aliphatic heterocycles. The first-order valence-corrected chi connectivity index (χ1v) is 10.3. The predicted octanol–water partition coefficient (Wildman–Crippen LogP) is 2.67. The van der Waals surface area contributed by atoms with Gasteiger partial charge in [-0.3, -0.25) is 14.2 Å². The second kappa shape index (κ2) is 7.54. The van der Waals surface area contributed by atoms with E-state index in [2.05, 4.69) is 9.97 Å². The lowest BCUT2D eigenvalue weighted by Gasteiger charge is -2.36. The molecule has 2 aromatic heterocycles. The molecule has 1 aliphatic rings. The van der Waals surface area contributed by atoms with E-state index in [1.54, 1.807) is 23.1 Å². The molecule has 5 rings (SSSR count). The van der Waals surface area contributed by atoms with E-state index in [-0.39, 0.29) is 23.8 Å². The minimum Gasteiger partial charge on any atom is -0.366 e. The number of H-pyrrole nitrogens is 1. The van der Waals surface area contributed by atoms with Crippen LogP contribution in [0.1, 0.15) is 5.56 Å². The molecule has 1 saturated heterocycles. The number of anilines is 1. The molecule has 0 atom stereocenters. The normalized spacial score (nSPS) is 14.5. The maximum Gasteiger partial charge on any atom is 0.278 e. The number of carbonyl (C=O) groups is 1. The van der Waals surface area contributed by atoms with Crippen molar-refractivity contribution in [2.45, 2.75) is 13.5 Å². The molecule has 0 unspecified atom stereocenters. The Morgan fingerprint density at radius 2 is 1.90 bits per heavy atom. The van der Waals surface area contributed by atoms with E-state index in [4.69, 9.17) is 0 Å². The third-order valence-electron chi connectivity index (χ3n) is 5.86. The number of benzene rings is 2. The monoisotopic (exact) mass is 419 g/mol. The second-order valence-electron chi connectivity index (χ2n) is 7.89. The molecule has 1 amide bonds. The van der Waals surface area contributed by atoms with Gasteiger partial charge in [0, 0.05) is 37.1 Å². The molecule has 1 fully saturated rings. The molecule has 0 bridgehead atoms. The van der Waals surface area contributed by atoms with Crippen LogP contribution in [0.3, 0.4) is 0 Å². The van der Waals surface area contributed by atoms with Gasteiger partial charge in [0.05, 0.1) is 12.0 Å². The van der Waals surface area contributed by atoms with E-state index in [0.29, 0.717) is 42.9 Å². The van der Waals surface area contributed by atoms with E-state index < -0.39 is 0 Å². The van der Waals surface area contributed by atoms with Crippen molar-refractivity contribution in [2.75, 3.05) is 31.1 Å². The molecular weight excluding hydrogens is 397 g/mol. The second-order valence-corrected chi connectivity index (χ2v) is 7.89. The number of aromatic amines is 1. The number of para-hydroxylation sites is 1. The van der Waals surface area contributed by atoms with E-state index >= 15 is 0 Å². The van der Waals surface area contributed by atoms with E-state index in [1.165, 1.54) is 17.0 Å². The Morgan fingerprint density at radius 3 is 2.68 bits per heavy atom. The molecule has 0 aliphatic carbocycles. The first-order valence-electron chi connectivity index (χ1n) is 10.3. The summed E-state index contributed by atoms with van der Waals surface area (Å²) >= 11 is 0. The number of amides is 1. The van der Waals surface area contributed by atoms with Crippen LogP contribution in [-0.2, 0) is 11.3 Å².